The number of benzene rings is 1. The Morgan fingerprint density at radius 3 is 2.57 bits per heavy atom. The van der Waals surface area contributed by atoms with E-state index < -0.39 is 0 Å². The molecule has 1 fully saturated rings. The zero-order valence-electron chi connectivity index (χ0n) is 14.9. The quantitative estimate of drug-likeness (QED) is 0.607. The Balaban J connectivity index is 2.06. The molecule has 23 heavy (non-hydrogen) atoms. The van der Waals surface area contributed by atoms with E-state index in [1.807, 2.05) is 11.8 Å². The summed E-state index contributed by atoms with van der Waals surface area (Å²) in [7, 11) is 0. The second-order valence-corrected chi connectivity index (χ2v) is 7.78. The predicted molar refractivity (Wildman–Crippen MR) is 106 cm³/mol. The summed E-state index contributed by atoms with van der Waals surface area (Å²) >= 11 is 1.95. The second-order valence-electron chi connectivity index (χ2n) is 6.77. The van der Waals surface area contributed by atoms with E-state index in [1.54, 1.807) is 0 Å². The van der Waals surface area contributed by atoms with Crippen molar-refractivity contribution in [2.75, 3.05) is 24.2 Å². The molecule has 0 spiro atoms. The molecular weight excluding hydrogens is 298 g/mol. The van der Waals surface area contributed by atoms with Gasteiger partial charge >= 0.3 is 0 Å². The van der Waals surface area contributed by atoms with Gasteiger partial charge in [-0.1, -0.05) is 50.8 Å². The largest absolute Gasteiger partial charge is 0.372 e. The van der Waals surface area contributed by atoms with Gasteiger partial charge in [0, 0.05) is 24.0 Å². The Hall–Kier alpha value is -1.15. The zero-order valence-corrected chi connectivity index (χ0v) is 15.7. The maximum Gasteiger partial charge on any atom is 0.0366 e. The molecule has 1 aromatic rings. The lowest BCUT2D eigenvalue weighted by Gasteiger charge is -2.23. The van der Waals surface area contributed by atoms with Gasteiger partial charge in [0.2, 0.25) is 0 Å². The molecule has 1 heterocycles. The summed E-state index contributed by atoms with van der Waals surface area (Å²) in [4.78, 5) is 2.54. The summed E-state index contributed by atoms with van der Waals surface area (Å²) in [5, 5.41) is 0.594. The van der Waals surface area contributed by atoms with Gasteiger partial charge in [-0.2, -0.15) is 11.8 Å². The molecule has 1 aromatic carbocycles. The molecule has 2 rings (SSSR count). The van der Waals surface area contributed by atoms with Crippen LogP contribution in [0.5, 0.6) is 0 Å². The van der Waals surface area contributed by atoms with E-state index in [0.717, 1.165) is 6.54 Å². The maximum atomic E-state index is 4.10. The van der Waals surface area contributed by atoms with Crippen LogP contribution in [-0.2, 0) is 0 Å². The van der Waals surface area contributed by atoms with E-state index in [0.29, 0.717) is 17.1 Å². The van der Waals surface area contributed by atoms with Gasteiger partial charge in [-0.3, -0.25) is 0 Å². The van der Waals surface area contributed by atoms with Gasteiger partial charge in [0.15, 0.2) is 0 Å². The topological polar surface area (TPSA) is 3.24 Å². The van der Waals surface area contributed by atoms with Gasteiger partial charge in [0.25, 0.3) is 0 Å². The number of allylic oxidation sites excluding steroid dienone is 2. The summed E-state index contributed by atoms with van der Waals surface area (Å²) in [6.07, 6.45) is 10.6. The number of para-hydroxylation sites is 1. The van der Waals surface area contributed by atoms with Gasteiger partial charge in [0.1, 0.15) is 0 Å². The van der Waals surface area contributed by atoms with E-state index in [2.05, 4.69) is 74.1 Å². The van der Waals surface area contributed by atoms with Crippen LogP contribution in [0, 0.1) is 11.8 Å². The van der Waals surface area contributed by atoms with Crippen molar-refractivity contribution in [2.45, 2.75) is 38.4 Å². The van der Waals surface area contributed by atoms with Crippen molar-refractivity contribution in [3.63, 3.8) is 0 Å². The van der Waals surface area contributed by atoms with E-state index in [4.69, 9.17) is 0 Å². The van der Waals surface area contributed by atoms with Crippen LogP contribution in [-0.4, -0.2) is 24.6 Å². The lowest BCUT2D eigenvalue weighted by molar-refractivity contribution is 0.552. The number of anilines is 1. The molecule has 0 N–H and O–H groups in total. The van der Waals surface area contributed by atoms with Crippen LogP contribution in [0.4, 0.5) is 5.69 Å². The number of nitrogens with zero attached hydrogens (tertiary/aromatic N) is 1. The molecule has 0 saturated carbocycles. The lowest BCUT2D eigenvalue weighted by Crippen LogP contribution is -2.24. The molecule has 126 valence electrons. The van der Waals surface area contributed by atoms with Crippen LogP contribution < -0.4 is 4.90 Å². The lowest BCUT2D eigenvalue weighted by atomic mass is 9.90. The normalized spacial score (nSPS) is 21.1. The second kappa shape index (κ2) is 9.22. The first kappa shape index (κ1) is 18.2. The van der Waals surface area contributed by atoms with Crippen molar-refractivity contribution in [3.05, 3.63) is 54.6 Å². The molecular formula is C21H31NS. The highest BCUT2D eigenvalue weighted by Crippen LogP contribution is 2.30. The van der Waals surface area contributed by atoms with E-state index >= 15 is 0 Å². The third-order valence-electron chi connectivity index (χ3n) is 4.84. The Bertz CT molecular complexity index is 506. The van der Waals surface area contributed by atoms with Crippen molar-refractivity contribution in [1.82, 2.24) is 0 Å². The van der Waals surface area contributed by atoms with E-state index in [-0.39, 0.29) is 0 Å². The first-order valence-corrected chi connectivity index (χ1v) is 10.1. The molecule has 0 bridgehead atoms. The number of hydrogen-bond acceptors (Lipinski definition) is 2. The summed E-state index contributed by atoms with van der Waals surface area (Å²) in [5.41, 5.74) is 2.83. The minimum absolute atomic E-state index is 0.594. The van der Waals surface area contributed by atoms with Crippen LogP contribution >= 0.6 is 11.8 Å². The summed E-state index contributed by atoms with van der Waals surface area (Å²) in [6.45, 7) is 11.0. The highest BCUT2D eigenvalue weighted by molar-refractivity contribution is 7.99. The molecule has 1 nitrogen and oxygen atoms in total. The van der Waals surface area contributed by atoms with Crippen molar-refractivity contribution in [3.8, 4) is 0 Å². The van der Waals surface area contributed by atoms with Gasteiger partial charge in [0.05, 0.1) is 0 Å². The maximum absolute atomic E-state index is 4.10. The fraction of sp³-hybridized carbons (Fsp3) is 0.524. The van der Waals surface area contributed by atoms with Crippen LogP contribution in [0.2, 0.25) is 0 Å². The van der Waals surface area contributed by atoms with Crippen molar-refractivity contribution in [2.24, 2.45) is 11.8 Å². The van der Waals surface area contributed by atoms with Crippen LogP contribution in [0.1, 0.15) is 33.1 Å². The molecule has 2 heteroatoms. The Kier molecular flexibility index (Phi) is 7.29. The Morgan fingerprint density at radius 1 is 1.22 bits per heavy atom. The highest BCUT2D eigenvalue weighted by atomic mass is 32.2. The van der Waals surface area contributed by atoms with Gasteiger partial charge in [-0.25, -0.2) is 0 Å². The predicted octanol–water partition coefficient (Wildman–Crippen LogP) is 5.79. The van der Waals surface area contributed by atoms with Crippen LogP contribution in [0.3, 0.4) is 0 Å². The monoisotopic (exact) mass is 329 g/mol. The summed E-state index contributed by atoms with van der Waals surface area (Å²) in [6, 6.07) is 10.8. The van der Waals surface area contributed by atoms with Crippen molar-refractivity contribution in [1.29, 1.82) is 0 Å². The van der Waals surface area contributed by atoms with Crippen molar-refractivity contribution >= 4 is 17.4 Å². The van der Waals surface area contributed by atoms with E-state index in [9.17, 15) is 0 Å². The third-order valence-corrected chi connectivity index (χ3v) is 6.07. The van der Waals surface area contributed by atoms with Crippen LogP contribution in [0.15, 0.2) is 54.6 Å². The Morgan fingerprint density at radius 2 is 1.96 bits per heavy atom. The molecule has 1 aliphatic rings. The molecule has 0 aromatic heterocycles. The number of hydrogen-bond donors (Lipinski definition) is 0. The molecule has 0 radical (unpaired) electrons. The fourth-order valence-corrected chi connectivity index (χ4v) is 4.26. The number of thioether (sulfide) groups is 1. The highest BCUT2D eigenvalue weighted by Gasteiger charge is 2.20. The number of rotatable bonds is 6. The molecule has 1 aliphatic heterocycles. The van der Waals surface area contributed by atoms with Gasteiger partial charge in [-0.05, 0) is 55.1 Å². The standard InChI is InChI=1S/C21H31NS/c1-5-18(16-21(23-4)17(2)3)19-10-9-14-22(15-13-19)20-11-7-6-8-12-20/h5-8,11-12,16-17,19,21H,1,9-10,13-15H2,2-4H3/b18-16+/t19-,21-/m1/s1. The van der Waals surface area contributed by atoms with Crippen LogP contribution in [0.25, 0.3) is 0 Å². The molecule has 2 atom stereocenters. The minimum Gasteiger partial charge on any atom is -0.372 e. The third kappa shape index (κ3) is 5.17. The van der Waals surface area contributed by atoms with Gasteiger partial charge < -0.3 is 4.90 Å². The molecule has 0 unspecified atom stereocenters. The van der Waals surface area contributed by atoms with Crippen molar-refractivity contribution < 1.29 is 0 Å². The van der Waals surface area contributed by atoms with Gasteiger partial charge in [-0.15, -0.1) is 0 Å². The Labute approximate surface area is 146 Å². The molecule has 1 saturated heterocycles. The SMILES string of the molecule is C=C/C(=C\[C@@H](SC)C(C)C)[C@@H]1CCCN(c2ccccc2)CC1. The smallest absolute Gasteiger partial charge is 0.0366 e. The summed E-state index contributed by atoms with van der Waals surface area (Å²) < 4.78 is 0. The zero-order chi connectivity index (χ0) is 16.7. The average molecular weight is 330 g/mol. The minimum atomic E-state index is 0.594. The summed E-state index contributed by atoms with van der Waals surface area (Å²) in [5.74, 6) is 1.33. The first-order chi connectivity index (χ1) is 11.2. The fourth-order valence-electron chi connectivity index (χ4n) is 3.42. The molecule has 0 aliphatic carbocycles. The average Bonchev–Trinajstić information content (AvgIpc) is 2.82. The first-order valence-electron chi connectivity index (χ1n) is 8.82. The molecule has 0 amide bonds. The van der Waals surface area contributed by atoms with E-state index in [1.165, 1.54) is 37.1 Å².